The van der Waals surface area contributed by atoms with Crippen LogP contribution in [0.15, 0.2) is 11.6 Å². The van der Waals surface area contributed by atoms with Crippen LogP contribution in [0.4, 0.5) is 0 Å². The van der Waals surface area contributed by atoms with Crippen molar-refractivity contribution in [2.45, 2.75) is 32.6 Å². The van der Waals surface area contributed by atoms with Gasteiger partial charge in [-0.3, -0.25) is 9.59 Å². The molecule has 0 amide bonds. The van der Waals surface area contributed by atoms with Crippen LogP contribution in [0.3, 0.4) is 0 Å². The molecule has 0 fully saturated rings. The van der Waals surface area contributed by atoms with Crippen LogP contribution < -0.4 is 0 Å². The first-order valence-corrected chi connectivity index (χ1v) is 4.99. The standard InChI is InChI=1S/C11H16O3/c1-9(12)11(13)8-14-7-10-5-3-2-4-6-10/h5H,2-4,6-8H2,1H3. The van der Waals surface area contributed by atoms with E-state index in [4.69, 9.17) is 4.74 Å². The van der Waals surface area contributed by atoms with E-state index in [0.717, 1.165) is 12.8 Å². The Bertz CT molecular complexity index is 253. The van der Waals surface area contributed by atoms with Crippen LogP contribution >= 0.6 is 0 Å². The molecule has 0 aliphatic heterocycles. The Morgan fingerprint density at radius 2 is 2.21 bits per heavy atom. The first-order valence-electron chi connectivity index (χ1n) is 4.99. The van der Waals surface area contributed by atoms with E-state index in [2.05, 4.69) is 6.08 Å². The van der Waals surface area contributed by atoms with Gasteiger partial charge in [0, 0.05) is 6.92 Å². The van der Waals surface area contributed by atoms with Crippen LogP contribution in [0.2, 0.25) is 0 Å². The van der Waals surface area contributed by atoms with Gasteiger partial charge in [0.1, 0.15) is 6.61 Å². The molecule has 14 heavy (non-hydrogen) atoms. The van der Waals surface area contributed by atoms with Crippen molar-refractivity contribution in [3.8, 4) is 0 Å². The Kier molecular flexibility index (Phi) is 4.53. The zero-order valence-electron chi connectivity index (χ0n) is 8.54. The van der Waals surface area contributed by atoms with Crippen molar-refractivity contribution >= 4 is 11.6 Å². The summed E-state index contributed by atoms with van der Waals surface area (Å²) in [6, 6.07) is 0. The average Bonchev–Trinajstić information content (AvgIpc) is 2.19. The fourth-order valence-electron chi connectivity index (χ4n) is 1.41. The fourth-order valence-corrected chi connectivity index (χ4v) is 1.41. The number of Topliss-reactive ketones (excluding diaryl/α,β-unsaturated/α-hetero) is 2. The largest absolute Gasteiger partial charge is 0.369 e. The fraction of sp³-hybridized carbons (Fsp3) is 0.636. The molecule has 0 aromatic heterocycles. The maximum absolute atomic E-state index is 10.9. The highest BCUT2D eigenvalue weighted by Gasteiger charge is 2.09. The molecule has 1 rings (SSSR count). The Labute approximate surface area is 84.1 Å². The highest BCUT2D eigenvalue weighted by Crippen LogP contribution is 2.17. The van der Waals surface area contributed by atoms with E-state index in [1.54, 1.807) is 0 Å². The molecule has 0 heterocycles. The van der Waals surface area contributed by atoms with E-state index in [-0.39, 0.29) is 6.61 Å². The minimum atomic E-state index is -0.443. The highest BCUT2D eigenvalue weighted by atomic mass is 16.5. The molecule has 0 bridgehead atoms. The van der Waals surface area contributed by atoms with E-state index >= 15 is 0 Å². The van der Waals surface area contributed by atoms with Gasteiger partial charge in [-0.15, -0.1) is 0 Å². The van der Waals surface area contributed by atoms with Crippen LogP contribution in [0, 0.1) is 0 Å². The van der Waals surface area contributed by atoms with Crippen molar-refractivity contribution in [2.75, 3.05) is 13.2 Å². The predicted molar refractivity (Wildman–Crippen MR) is 53.1 cm³/mol. The normalized spacial score (nSPS) is 16.2. The van der Waals surface area contributed by atoms with Crippen molar-refractivity contribution in [1.29, 1.82) is 0 Å². The van der Waals surface area contributed by atoms with Crippen molar-refractivity contribution < 1.29 is 14.3 Å². The average molecular weight is 196 g/mol. The van der Waals surface area contributed by atoms with Gasteiger partial charge >= 0.3 is 0 Å². The first-order chi connectivity index (χ1) is 6.70. The Hall–Kier alpha value is -0.960. The molecule has 3 heteroatoms. The van der Waals surface area contributed by atoms with E-state index in [1.165, 1.54) is 25.3 Å². The molecule has 0 saturated heterocycles. The molecular weight excluding hydrogens is 180 g/mol. The maximum atomic E-state index is 10.9. The van der Waals surface area contributed by atoms with Crippen LogP contribution in [0.5, 0.6) is 0 Å². The first kappa shape index (κ1) is 11.1. The summed E-state index contributed by atoms with van der Waals surface area (Å²) in [5.74, 6) is -0.871. The summed E-state index contributed by atoms with van der Waals surface area (Å²) >= 11 is 0. The van der Waals surface area contributed by atoms with E-state index in [9.17, 15) is 9.59 Å². The van der Waals surface area contributed by atoms with E-state index in [1.807, 2.05) is 0 Å². The number of carbonyl (C=O) groups excluding carboxylic acids is 2. The molecule has 0 aromatic rings. The van der Waals surface area contributed by atoms with Crippen molar-refractivity contribution in [1.82, 2.24) is 0 Å². The van der Waals surface area contributed by atoms with Crippen LogP contribution in [0.25, 0.3) is 0 Å². The van der Waals surface area contributed by atoms with Crippen LogP contribution in [-0.4, -0.2) is 24.8 Å². The molecule has 1 aliphatic carbocycles. The third kappa shape index (κ3) is 3.83. The lowest BCUT2D eigenvalue weighted by atomic mass is 10.0. The van der Waals surface area contributed by atoms with Crippen LogP contribution in [0.1, 0.15) is 32.6 Å². The van der Waals surface area contributed by atoms with Crippen molar-refractivity contribution in [2.24, 2.45) is 0 Å². The summed E-state index contributed by atoms with van der Waals surface area (Å²) in [6.07, 6.45) is 6.79. The molecule has 0 aromatic carbocycles. The van der Waals surface area contributed by atoms with E-state index < -0.39 is 11.6 Å². The number of carbonyl (C=O) groups is 2. The number of ether oxygens (including phenoxy) is 1. The zero-order chi connectivity index (χ0) is 10.4. The van der Waals surface area contributed by atoms with Gasteiger partial charge in [-0.2, -0.15) is 0 Å². The number of rotatable bonds is 5. The van der Waals surface area contributed by atoms with Gasteiger partial charge in [-0.05, 0) is 31.3 Å². The van der Waals surface area contributed by atoms with Gasteiger partial charge in [0.15, 0.2) is 5.78 Å². The van der Waals surface area contributed by atoms with Gasteiger partial charge in [0.2, 0.25) is 5.78 Å². The minimum Gasteiger partial charge on any atom is -0.369 e. The highest BCUT2D eigenvalue weighted by molar-refractivity contribution is 6.36. The lowest BCUT2D eigenvalue weighted by molar-refractivity contribution is -0.137. The third-order valence-electron chi connectivity index (χ3n) is 2.30. The summed E-state index contributed by atoms with van der Waals surface area (Å²) in [4.78, 5) is 21.5. The smallest absolute Gasteiger partial charge is 0.223 e. The Morgan fingerprint density at radius 3 is 2.79 bits per heavy atom. The van der Waals surface area contributed by atoms with Gasteiger partial charge in [-0.25, -0.2) is 0 Å². The predicted octanol–water partition coefficient (Wildman–Crippen LogP) is 1.66. The third-order valence-corrected chi connectivity index (χ3v) is 2.30. The SMILES string of the molecule is CC(=O)C(=O)COCC1=CCCCC1. The van der Waals surface area contributed by atoms with Gasteiger partial charge < -0.3 is 4.74 Å². The van der Waals surface area contributed by atoms with E-state index in [0.29, 0.717) is 6.61 Å². The summed E-state index contributed by atoms with van der Waals surface area (Å²) in [5, 5.41) is 0. The molecule has 0 N–H and O–H groups in total. The molecule has 0 unspecified atom stereocenters. The minimum absolute atomic E-state index is 0.0767. The Balaban J connectivity index is 2.17. The van der Waals surface area contributed by atoms with Crippen LogP contribution in [-0.2, 0) is 14.3 Å². The summed E-state index contributed by atoms with van der Waals surface area (Å²) in [7, 11) is 0. The summed E-state index contributed by atoms with van der Waals surface area (Å²) < 4.78 is 5.16. The number of allylic oxidation sites excluding steroid dienone is 1. The lowest BCUT2D eigenvalue weighted by Crippen LogP contribution is -2.17. The maximum Gasteiger partial charge on any atom is 0.223 e. The second-order valence-corrected chi connectivity index (χ2v) is 3.58. The van der Waals surface area contributed by atoms with Crippen molar-refractivity contribution in [3.05, 3.63) is 11.6 Å². The number of hydrogen-bond donors (Lipinski definition) is 0. The molecule has 3 nitrogen and oxygen atoms in total. The Morgan fingerprint density at radius 1 is 1.43 bits per heavy atom. The van der Waals surface area contributed by atoms with Gasteiger partial charge in [0.25, 0.3) is 0 Å². The molecule has 0 radical (unpaired) electrons. The monoisotopic (exact) mass is 196 g/mol. The zero-order valence-corrected chi connectivity index (χ0v) is 8.54. The summed E-state index contributed by atoms with van der Waals surface area (Å²) in [6.45, 7) is 1.69. The quantitative estimate of drug-likeness (QED) is 0.496. The number of hydrogen-bond acceptors (Lipinski definition) is 3. The van der Waals surface area contributed by atoms with Gasteiger partial charge in [-0.1, -0.05) is 6.08 Å². The second-order valence-electron chi connectivity index (χ2n) is 3.58. The number of ketones is 2. The second kappa shape index (κ2) is 5.70. The molecule has 0 saturated carbocycles. The molecule has 0 atom stereocenters. The molecular formula is C11H16O3. The molecule has 78 valence electrons. The molecule has 1 aliphatic rings. The summed E-state index contributed by atoms with van der Waals surface area (Å²) in [5.41, 5.74) is 1.26. The van der Waals surface area contributed by atoms with Crippen molar-refractivity contribution in [3.63, 3.8) is 0 Å². The topological polar surface area (TPSA) is 43.4 Å². The van der Waals surface area contributed by atoms with Gasteiger partial charge in [0.05, 0.1) is 6.61 Å². The molecule has 0 spiro atoms. The lowest BCUT2D eigenvalue weighted by Gasteiger charge is -2.12.